The van der Waals surface area contributed by atoms with E-state index in [0.717, 1.165) is 4.57 Å². The van der Waals surface area contributed by atoms with E-state index >= 15 is 0 Å². The predicted molar refractivity (Wildman–Crippen MR) is 156 cm³/mol. The van der Waals surface area contributed by atoms with E-state index in [2.05, 4.69) is 10.9 Å². The molecular weight excluding hydrogens is 568 g/mol. The molecule has 0 amide bonds. The molecule has 1 N–H and O–H groups in total. The van der Waals surface area contributed by atoms with Crippen molar-refractivity contribution >= 4 is 17.9 Å². The first-order valence-corrected chi connectivity index (χ1v) is 13.5. The Balaban J connectivity index is 1.61. The maximum absolute atomic E-state index is 13.4. The van der Waals surface area contributed by atoms with Crippen molar-refractivity contribution in [3.63, 3.8) is 0 Å². The van der Waals surface area contributed by atoms with Crippen LogP contribution in [0.25, 0.3) is 0 Å². The van der Waals surface area contributed by atoms with Crippen LogP contribution in [0.15, 0.2) is 107 Å². The lowest BCUT2D eigenvalue weighted by atomic mass is 9.92. The van der Waals surface area contributed by atoms with Gasteiger partial charge in [-0.05, 0) is 43.3 Å². The van der Waals surface area contributed by atoms with Crippen LogP contribution >= 0.6 is 0 Å². The van der Waals surface area contributed by atoms with Crippen molar-refractivity contribution in [3.05, 3.63) is 140 Å². The molecule has 2 heterocycles. The highest BCUT2D eigenvalue weighted by molar-refractivity contribution is 5.91. The molecule has 5 rings (SSSR count). The Morgan fingerprint density at radius 2 is 1.39 bits per heavy atom. The second kappa shape index (κ2) is 12.6. The number of ether oxygens (including phenoxy) is 4. The summed E-state index contributed by atoms with van der Waals surface area (Å²) in [5.74, 6) is -0.0648. The van der Waals surface area contributed by atoms with Crippen LogP contribution in [0.1, 0.15) is 42.9 Å². The number of aryl methyl sites for hydroxylation is 1. The van der Waals surface area contributed by atoms with Crippen LogP contribution in [-0.4, -0.2) is 51.9 Å². The Hall–Kier alpha value is -5.73. The molecule has 4 atom stereocenters. The van der Waals surface area contributed by atoms with E-state index in [1.807, 2.05) is 0 Å². The number of esters is 3. The summed E-state index contributed by atoms with van der Waals surface area (Å²) in [5, 5.41) is 0. The zero-order valence-corrected chi connectivity index (χ0v) is 23.4. The molecule has 222 valence electrons. The van der Waals surface area contributed by atoms with Gasteiger partial charge in [0.1, 0.15) is 12.7 Å². The van der Waals surface area contributed by atoms with Crippen molar-refractivity contribution < 1.29 is 33.3 Å². The van der Waals surface area contributed by atoms with E-state index in [-0.39, 0.29) is 22.3 Å². The van der Waals surface area contributed by atoms with Gasteiger partial charge in [0.25, 0.3) is 5.56 Å². The third-order valence-electron chi connectivity index (χ3n) is 7.00. The third-order valence-corrected chi connectivity index (χ3v) is 7.00. The van der Waals surface area contributed by atoms with Gasteiger partial charge in [-0.1, -0.05) is 60.5 Å². The van der Waals surface area contributed by atoms with Crippen LogP contribution in [0.5, 0.6) is 0 Å². The number of nitrogens with one attached hydrogen (secondary N) is 1. The number of H-pyrrole nitrogens is 1. The van der Waals surface area contributed by atoms with E-state index < -0.39 is 59.8 Å². The summed E-state index contributed by atoms with van der Waals surface area (Å²) in [7, 11) is 0. The molecule has 1 aromatic heterocycles. The van der Waals surface area contributed by atoms with Crippen molar-refractivity contribution in [1.29, 1.82) is 0 Å². The van der Waals surface area contributed by atoms with E-state index in [1.54, 1.807) is 54.6 Å². The Kier molecular flexibility index (Phi) is 8.55. The lowest BCUT2D eigenvalue weighted by Crippen LogP contribution is -2.54. The number of benzene rings is 3. The van der Waals surface area contributed by atoms with Gasteiger partial charge in [-0.3, -0.25) is 14.3 Å². The number of carbonyl (C=O) groups excluding carboxylic acids is 3. The quantitative estimate of drug-likeness (QED) is 0.185. The van der Waals surface area contributed by atoms with Gasteiger partial charge >= 0.3 is 23.6 Å². The molecule has 0 unspecified atom stereocenters. The molecule has 44 heavy (non-hydrogen) atoms. The number of rotatable bonds is 8. The molecule has 1 fully saturated rings. The predicted octanol–water partition coefficient (Wildman–Crippen LogP) is 3.05. The van der Waals surface area contributed by atoms with Crippen molar-refractivity contribution in [1.82, 2.24) is 9.55 Å². The number of nitrogens with zero attached hydrogens (tertiary/aromatic N) is 1. The van der Waals surface area contributed by atoms with E-state index in [0.29, 0.717) is 0 Å². The molecule has 1 aliphatic rings. The highest BCUT2D eigenvalue weighted by Crippen LogP contribution is 2.42. The van der Waals surface area contributed by atoms with Crippen molar-refractivity contribution in [3.8, 4) is 12.3 Å². The van der Waals surface area contributed by atoms with Gasteiger partial charge in [0.15, 0.2) is 6.23 Å². The normalized spacial score (nSPS) is 20.7. The Morgan fingerprint density at radius 1 is 0.864 bits per heavy atom. The van der Waals surface area contributed by atoms with Gasteiger partial charge in [0, 0.05) is 11.8 Å². The number of hydrogen-bond donors (Lipinski definition) is 1. The first kappa shape index (κ1) is 29.8. The number of hydrogen-bond acceptors (Lipinski definition) is 9. The smallest absolute Gasteiger partial charge is 0.339 e. The van der Waals surface area contributed by atoms with Crippen LogP contribution in [0, 0.1) is 19.3 Å². The first-order chi connectivity index (χ1) is 21.2. The summed E-state index contributed by atoms with van der Waals surface area (Å²) >= 11 is 0. The van der Waals surface area contributed by atoms with Gasteiger partial charge in [-0.2, -0.15) is 0 Å². The monoisotopic (exact) mass is 594 g/mol. The zero-order valence-electron chi connectivity index (χ0n) is 23.4. The summed E-state index contributed by atoms with van der Waals surface area (Å²) in [6.45, 7) is 0.894. The number of terminal acetylenes is 1. The maximum atomic E-state index is 13.4. The standard InChI is InChI=1S/C33H26N2O9/c1-3-33(44-31(39)24-17-11-6-12-18-24)25(20-41-29(37)22-13-7-4-8-14-22)42-28(35-19-21(2)27(36)34-32(35)40)26(33)43-30(38)23-15-9-5-10-16-23/h1,4-19,25-26,28H,20H2,2H3,(H,34,36,40)/t25-,26+,28-,33-/m1/s1. The third kappa shape index (κ3) is 5.92. The molecule has 1 aliphatic heterocycles. The molecular formula is C33H26N2O9. The number of aromatic amines is 1. The minimum atomic E-state index is -2.22. The van der Waals surface area contributed by atoms with Gasteiger partial charge in [-0.15, -0.1) is 6.42 Å². The highest BCUT2D eigenvalue weighted by atomic mass is 16.7. The molecule has 3 aromatic carbocycles. The maximum Gasteiger partial charge on any atom is 0.339 e. The average Bonchev–Trinajstić information content (AvgIpc) is 3.34. The van der Waals surface area contributed by atoms with Crippen LogP contribution in [0.3, 0.4) is 0 Å². The summed E-state index contributed by atoms with van der Waals surface area (Å²) in [4.78, 5) is 67.0. The van der Waals surface area contributed by atoms with Gasteiger partial charge in [0.05, 0.1) is 16.7 Å². The minimum absolute atomic E-state index is 0.121. The fourth-order valence-electron chi connectivity index (χ4n) is 4.71. The van der Waals surface area contributed by atoms with Crippen molar-refractivity contribution in [2.45, 2.75) is 31.0 Å². The van der Waals surface area contributed by atoms with E-state index in [4.69, 9.17) is 25.4 Å². The van der Waals surface area contributed by atoms with Gasteiger partial charge < -0.3 is 18.9 Å². The molecule has 11 nitrogen and oxygen atoms in total. The Bertz CT molecular complexity index is 1830. The first-order valence-electron chi connectivity index (χ1n) is 13.5. The Morgan fingerprint density at radius 3 is 1.93 bits per heavy atom. The van der Waals surface area contributed by atoms with E-state index in [9.17, 15) is 24.0 Å². The minimum Gasteiger partial charge on any atom is -0.459 e. The van der Waals surface area contributed by atoms with Crippen molar-refractivity contribution in [2.24, 2.45) is 0 Å². The summed E-state index contributed by atoms with van der Waals surface area (Å²) in [5.41, 5.74) is -3.15. The molecule has 0 saturated carbocycles. The van der Waals surface area contributed by atoms with Crippen LogP contribution in [-0.2, 0) is 18.9 Å². The summed E-state index contributed by atoms with van der Waals surface area (Å²) in [6, 6.07) is 23.9. The van der Waals surface area contributed by atoms with Crippen LogP contribution in [0.4, 0.5) is 0 Å². The number of carbonyl (C=O) groups is 3. The summed E-state index contributed by atoms with van der Waals surface area (Å²) in [6.07, 6.45) is 2.64. The molecule has 0 radical (unpaired) electrons. The zero-order chi connectivity index (χ0) is 31.3. The van der Waals surface area contributed by atoms with Crippen LogP contribution < -0.4 is 11.2 Å². The van der Waals surface area contributed by atoms with Crippen LogP contribution in [0.2, 0.25) is 0 Å². The molecule has 0 aliphatic carbocycles. The average molecular weight is 595 g/mol. The van der Waals surface area contributed by atoms with E-state index in [1.165, 1.54) is 49.5 Å². The lowest BCUT2D eigenvalue weighted by Gasteiger charge is -2.33. The molecule has 0 bridgehead atoms. The molecule has 1 saturated heterocycles. The Labute approximate surface area is 251 Å². The molecule has 0 spiro atoms. The topological polar surface area (TPSA) is 143 Å². The highest BCUT2D eigenvalue weighted by Gasteiger charge is 2.63. The molecule has 11 heteroatoms. The largest absolute Gasteiger partial charge is 0.459 e. The fraction of sp³-hybridized carbons (Fsp3) is 0.182. The molecule has 4 aromatic rings. The second-order valence-corrected chi connectivity index (χ2v) is 9.84. The second-order valence-electron chi connectivity index (χ2n) is 9.84. The van der Waals surface area contributed by atoms with Crippen molar-refractivity contribution in [2.75, 3.05) is 6.61 Å². The van der Waals surface area contributed by atoms with Gasteiger partial charge in [-0.25, -0.2) is 19.2 Å². The summed E-state index contributed by atoms with van der Waals surface area (Å²) < 4.78 is 24.5. The number of aromatic nitrogens is 2. The lowest BCUT2D eigenvalue weighted by molar-refractivity contribution is -0.0784. The fourth-order valence-corrected chi connectivity index (χ4v) is 4.71. The van der Waals surface area contributed by atoms with Gasteiger partial charge in [0.2, 0.25) is 11.7 Å². The SMILES string of the molecule is C#C[C@@]1(OC(=O)c2ccccc2)[C@@H](COC(=O)c2ccccc2)O[C@@H](n2cc(C)c(=O)[nH]c2=O)[C@@H]1OC(=O)c1ccccc1.